The van der Waals surface area contributed by atoms with E-state index in [1.165, 1.54) is 12.1 Å². The first-order chi connectivity index (χ1) is 10.1. The average Bonchev–Trinajstić information content (AvgIpc) is 2.49. The van der Waals surface area contributed by atoms with Gasteiger partial charge in [-0.05, 0) is 26.0 Å². The number of hydrogen-bond donors (Lipinski definition) is 1. The number of rotatable bonds is 3. The molecule has 21 heavy (non-hydrogen) atoms. The zero-order valence-electron chi connectivity index (χ0n) is 11.9. The zero-order chi connectivity index (χ0) is 15.4. The van der Waals surface area contributed by atoms with Gasteiger partial charge in [0.05, 0.1) is 0 Å². The number of nitriles is 2. The van der Waals surface area contributed by atoms with Crippen molar-refractivity contribution in [2.45, 2.75) is 13.8 Å². The third-order valence-electron chi connectivity index (χ3n) is 3.31. The van der Waals surface area contributed by atoms with Gasteiger partial charge in [0.2, 0.25) is 0 Å². The van der Waals surface area contributed by atoms with Crippen molar-refractivity contribution in [1.82, 2.24) is 4.90 Å². The van der Waals surface area contributed by atoms with E-state index < -0.39 is 0 Å². The lowest BCUT2D eigenvalue weighted by Gasteiger charge is -2.28. The number of nitrogens with zero attached hydrogens (tertiary/aromatic N) is 3. The summed E-state index contributed by atoms with van der Waals surface area (Å²) in [5.41, 5.74) is 1.17. The minimum atomic E-state index is 0.0231. The summed E-state index contributed by atoms with van der Waals surface area (Å²) < 4.78 is 5.80. The Morgan fingerprint density at radius 2 is 1.90 bits per heavy atom. The number of allylic oxidation sites excluding steroid dienone is 3. The standard InChI is InChI=1S/C16H15N3O2/c1-3-19(4-2)16-8-14(11(9-17)10-18)13-6-5-12(20)7-15(13)21-16/h5-8,20H,3-4H2,1-2H3. The molecule has 0 spiro atoms. The molecule has 5 heteroatoms. The number of phenols is 1. The highest BCUT2D eigenvalue weighted by Crippen LogP contribution is 2.38. The summed E-state index contributed by atoms with van der Waals surface area (Å²) in [6, 6.07) is 8.45. The lowest BCUT2D eigenvalue weighted by molar-refractivity contribution is 0.228. The highest BCUT2D eigenvalue weighted by atomic mass is 16.5. The number of ether oxygens (including phenoxy) is 1. The predicted molar refractivity (Wildman–Crippen MR) is 77.9 cm³/mol. The maximum Gasteiger partial charge on any atom is 0.196 e. The van der Waals surface area contributed by atoms with Crippen LogP contribution in [0.4, 0.5) is 0 Å². The first kappa shape index (κ1) is 14.5. The lowest BCUT2D eigenvalue weighted by Crippen LogP contribution is -2.27. The lowest BCUT2D eigenvalue weighted by atomic mass is 9.98. The van der Waals surface area contributed by atoms with E-state index >= 15 is 0 Å². The number of benzene rings is 1. The Morgan fingerprint density at radius 1 is 1.24 bits per heavy atom. The second-order valence-corrected chi connectivity index (χ2v) is 4.45. The van der Waals surface area contributed by atoms with E-state index in [0.29, 0.717) is 22.8 Å². The molecule has 0 aliphatic carbocycles. The molecular weight excluding hydrogens is 266 g/mol. The third kappa shape index (κ3) is 2.68. The summed E-state index contributed by atoms with van der Waals surface area (Å²) in [6.45, 7) is 5.45. The van der Waals surface area contributed by atoms with Crippen LogP contribution in [0.2, 0.25) is 0 Å². The summed E-state index contributed by atoms with van der Waals surface area (Å²) in [4.78, 5) is 1.97. The van der Waals surface area contributed by atoms with E-state index in [1.807, 2.05) is 30.9 Å². The molecule has 1 aliphatic rings. The van der Waals surface area contributed by atoms with Gasteiger partial charge in [-0.2, -0.15) is 10.5 Å². The van der Waals surface area contributed by atoms with E-state index in [0.717, 1.165) is 13.1 Å². The van der Waals surface area contributed by atoms with Crippen molar-refractivity contribution in [1.29, 1.82) is 10.5 Å². The van der Waals surface area contributed by atoms with Gasteiger partial charge in [0.15, 0.2) is 5.88 Å². The van der Waals surface area contributed by atoms with Crippen LogP contribution in [0, 0.1) is 22.7 Å². The Labute approximate surface area is 123 Å². The van der Waals surface area contributed by atoms with Crippen LogP contribution in [0.5, 0.6) is 11.5 Å². The van der Waals surface area contributed by atoms with E-state index in [1.54, 1.807) is 12.1 Å². The molecule has 0 radical (unpaired) electrons. The fourth-order valence-corrected chi connectivity index (χ4v) is 2.20. The monoisotopic (exact) mass is 281 g/mol. The Kier molecular flexibility index (Phi) is 4.15. The second-order valence-electron chi connectivity index (χ2n) is 4.45. The zero-order valence-corrected chi connectivity index (χ0v) is 11.9. The highest BCUT2D eigenvalue weighted by molar-refractivity contribution is 5.86. The van der Waals surface area contributed by atoms with Crippen molar-refractivity contribution in [2.75, 3.05) is 13.1 Å². The SMILES string of the molecule is CCN(CC)C1=CC(=C(C#N)C#N)c2ccc(O)cc2O1. The molecule has 0 amide bonds. The molecule has 0 saturated heterocycles. The number of aromatic hydroxyl groups is 1. The van der Waals surface area contributed by atoms with Gasteiger partial charge in [0.25, 0.3) is 0 Å². The molecule has 1 N–H and O–H groups in total. The number of fused-ring (bicyclic) bond motifs is 1. The molecule has 0 unspecified atom stereocenters. The third-order valence-corrected chi connectivity index (χ3v) is 3.31. The van der Waals surface area contributed by atoms with Crippen LogP contribution in [0.15, 0.2) is 35.7 Å². The Balaban J connectivity index is 2.65. The Morgan fingerprint density at radius 3 is 2.48 bits per heavy atom. The van der Waals surface area contributed by atoms with Crippen LogP contribution in [0.1, 0.15) is 19.4 Å². The largest absolute Gasteiger partial charge is 0.508 e. The van der Waals surface area contributed by atoms with Gasteiger partial charge >= 0.3 is 0 Å². The summed E-state index contributed by atoms with van der Waals surface area (Å²) in [5, 5.41) is 27.9. The normalized spacial score (nSPS) is 12.4. The molecule has 1 aromatic carbocycles. The smallest absolute Gasteiger partial charge is 0.196 e. The molecule has 0 aromatic heterocycles. The number of phenolic OH excluding ortho intramolecular Hbond substituents is 1. The Hall–Kier alpha value is -2.92. The molecule has 5 nitrogen and oxygen atoms in total. The number of hydrogen-bond acceptors (Lipinski definition) is 5. The minimum absolute atomic E-state index is 0.0231. The summed E-state index contributed by atoms with van der Waals surface area (Å²) in [5.74, 6) is 1.08. The molecule has 0 fully saturated rings. The molecule has 0 saturated carbocycles. The van der Waals surface area contributed by atoms with Crippen molar-refractivity contribution in [2.24, 2.45) is 0 Å². The van der Waals surface area contributed by atoms with Gasteiger partial charge in [-0.25, -0.2) is 0 Å². The van der Waals surface area contributed by atoms with E-state index in [9.17, 15) is 5.11 Å². The van der Waals surface area contributed by atoms with Crippen LogP contribution in [-0.4, -0.2) is 23.1 Å². The summed E-state index contributed by atoms with van der Waals surface area (Å²) in [7, 11) is 0. The van der Waals surface area contributed by atoms with E-state index in [4.69, 9.17) is 15.3 Å². The van der Waals surface area contributed by atoms with Gasteiger partial charge < -0.3 is 14.7 Å². The van der Waals surface area contributed by atoms with Crippen molar-refractivity contribution in [3.8, 4) is 23.6 Å². The fourth-order valence-electron chi connectivity index (χ4n) is 2.20. The first-order valence-electron chi connectivity index (χ1n) is 6.66. The predicted octanol–water partition coefficient (Wildman–Crippen LogP) is 2.77. The van der Waals surface area contributed by atoms with Crippen molar-refractivity contribution in [3.05, 3.63) is 41.3 Å². The van der Waals surface area contributed by atoms with Crippen LogP contribution in [-0.2, 0) is 0 Å². The van der Waals surface area contributed by atoms with Gasteiger partial charge in [-0.15, -0.1) is 0 Å². The van der Waals surface area contributed by atoms with Crippen molar-refractivity contribution < 1.29 is 9.84 Å². The van der Waals surface area contributed by atoms with Crippen molar-refractivity contribution in [3.63, 3.8) is 0 Å². The molecule has 1 aromatic rings. The van der Waals surface area contributed by atoms with Gasteiger partial charge in [0.1, 0.15) is 29.2 Å². The van der Waals surface area contributed by atoms with Crippen LogP contribution in [0.3, 0.4) is 0 Å². The molecular formula is C16H15N3O2. The molecule has 0 atom stereocenters. The van der Waals surface area contributed by atoms with Crippen molar-refractivity contribution >= 4 is 5.57 Å². The van der Waals surface area contributed by atoms with Gasteiger partial charge in [-0.3, -0.25) is 0 Å². The summed E-state index contributed by atoms with van der Waals surface area (Å²) in [6.07, 6.45) is 1.70. The quantitative estimate of drug-likeness (QED) is 0.862. The molecule has 1 heterocycles. The van der Waals surface area contributed by atoms with Crippen LogP contribution >= 0.6 is 0 Å². The molecule has 1 aliphatic heterocycles. The Bertz CT molecular complexity index is 685. The topological polar surface area (TPSA) is 80.3 Å². The second kappa shape index (κ2) is 6.02. The molecule has 0 bridgehead atoms. The van der Waals surface area contributed by atoms with Crippen LogP contribution < -0.4 is 4.74 Å². The fraction of sp³-hybridized carbons (Fsp3) is 0.250. The average molecular weight is 281 g/mol. The summed E-state index contributed by atoms with van der Waals surface area (Å²) >= 11 is 0. The molecule has 2 rings (SSSR count). The maximum atomic E-state index is 9.61. The molecule has 106 valence electrons. The highest BCUT2D eigenvalue weighted by Gasteiger charge is 2.22. The van der Waals surface area contributed by atoms with Gasteiger partial charge in [-0.1, -0.05) is 0 Å². The first-order valence-corrected chi connectivity index (χ1v) is 6.66. The minimum Gasteiger partial charge on any atom is -0.508 e. The maximum absolute atomic E-state index is 9.61. The van der Waals surface area contributed by atoms with E-state index in [2.05, 4.69) is 0 Å². The van der Waals surface area contributed by atoms with E-state index in [-0.39, 0.29) is 11.3 Å². The van der Waals surface area contributed by atoms with Crippen LogP contribution in [0.25, 0.3) is 5.57 Å². The van der Waals surface area contributed by atoms with Gasteiger partial charge in [0, 0.05) is 36.4 Å².